The molecule has 3 rings (SSSR count). The van der Waals surface area contributed by atoms with Gasteiger partial charge in [-0.25, -0.2) is 8.78 Å². The van der Waals surface area contributed by atoms with Crippen LogP contribution in [0, 0.1) is 11.6 Å². The number of carbonyl (C=O) groups is 3. The number of nitrogens with one attached hydrogen (secondary N) is 2. The van der Waals surface area contributed by atoms with Crippen molar-refractivity contribution in [1.82, 2.24) is 20.4 Å². The van der Waals surface area contributed by atoms with Crippen molar-refractivity contribution >= 4 is 17.7 Å². The number of hydrogen-bond donors (Lipinski definition) is 3. The predicted octanol–water partition coefficient (Wildman–Crippen LogP) is 1.40. The summed E-state index contributed by atoms with van der Waals surface area (Å²) < 4.78 is 27.5. The highest BCUT2D eigenvalue weighted by Crippen LogP contribution is 2.13. The third-order valence-electron chi connectivity index (χ3n) is 6.38. The zero-order valence-electron chi connectivity index (χ0n) is 21.2. The molecule has 0 bridgehead atoms. The highest BCUT2D eigenvalue weighted by molar-refractivity contribution is 6.35. The van der Waals surface area contributed by atoms with Crippen LogP contribution in [0.4, 0.5) is 8.78 Å². The summed E-state index contributed by atoms with van der Waals surface area (Å²) in [5.41, 5.74) is 2.49. The van der Waals surface area contributed by atoms with Gasteiger partial charge in [0.25, 0.3) is 0 Å². The van der Waals surface area contributed by atoms with Gasteiger partial charge in [-0.2, -0.15) is 0 Å². The zero-order chi connectivity index (χ0) is 26.9. The highest BCUT2D eigenvalue weighted by Gasteiger charge is 2.33. The Kier molecular flexibility index (Phi) is 10.1. The Hall–Kier alpha value is -3.37. The summed E-state index contributed by atoms with van der Waals surface area (Å²) in [5, 5.41) is 16.7. The van der Waals surface area contributed by atoms with Crippen molar-refractivity contribution in [3.63, 3.8) is 0 Å². The second-order valence-corrected chi connectivity index (χ2v) is 9.14. The highest BCUT2D eigenvalue weighted by atomic mass is 19.1. The summed E-state index contributed by atoms with van der Waals surface area (Å²) in [4.78, 5) is 39.9. The third kappa shape index (κ3) is 8.06. The Balaban J connectivity index is 1.65. The van der Waals surface area contributed by atoms with E-state index in [1.807, 2.05) is 18.2 Å². The first kappa shape index (κ1) is 28.2. The predicted molar refractivity (Wildman–Crippen MR) is 134 cm³/mol. The average molecular weight is 517 g/mol. The van der Waals surface area contributed by atoms with Crippen molar-refractivity contribution in [2.24, 2.45) is 0 Å². The second-order valence-electron chi connectivity index (χ2n) is 9.14. The maximum absolute atomic E-state index is 13.8. The molecule has 10 heteroatoms. The largest absolute Gasteiger partial charge is 0.390 e. The molecule has 0 unspecified atom stereocenters. The Morgan fingerprint density at radius 2 is 1.62 bits per heavy atom. The number of aliphatic hydroxyl groups excluding tert-OH is 1. The quantitative estimate of drug-likeness (QED) is 0.370. The Morgan fingerprint density at radius 1 is 0.973 bits per heavy atom. The smallest absolute Gasteiger partial charge is 0.312 e. The van der Waals surface area contributed by atoms with Gasteiger partial charge < -0.3 is 25.5 Å². The van der Waals surface area contributed by atoms with Crippen molar-refractivity contribution in [2.45, 2.75) is 45.4 Å². The molecule has 2 atom stereocenters. The number of nitrogens with zero attached hydrogens (tertiary/aromatic N) is 2. The number of hydrogen-bond acceptors (Lipinski definition) is 5. The van der Waals surface area contributed by atoms with Crippen molar-refractivity contribution in [3.05, 3.63) is 70.8 Å². The summed E-state index contributed by atoms with van der Waals surface area (Å²) in [6.45, 7) is 5.00. The molecule has 1 heterocycles. The van der Waals surface area contributed by atoms with Crippen LogP contribution in [0.1, 0.15) is 30.5 Å². The van der Waals surface area contributed by atoms with E-state index in [2.05, 4.69) is 23.6 Å². The van der Waals surface area contributed by atoms with Gasteiger partial charge in [0.1, 0.15) is 18.2 Å². The SMILES string of the molecule is CCc1cccc(CNC[C@H](O)[C@H](Cc2cc(F)cc(F)c2)NC(=O)CN2CCN(CC)C(=O)C2=O)c1. The molecule has 2 aromatic rings. The molecule has 3 N–H and O–H groups in total. The Bertz CT molecular complexity index is 1090. The topological polar surface area (TPSA) is 102 Å². The van der Waals surface area contributed by atoms with E-state index in [9.17, 15) is 28.3 Å². The fourth-order valence-corrected chi connectivity index (χ4v) is 4.33. The first-order valence-electron chi connectivity index (χ1n) is 12.5. The van der Waals surface area contributed by atoms with Crippen molar-refractivity contribution < 1.29 is 28.3 Å². The second kappa shape index (κ2) is 13.3. The normalized spacial score (nSPS) is 15.6. The first-order valence-corrected chi connectivity index (χ1v) is 12.5. The number of likely N-dealkylation sites (N-methyl/N-ethyl adjacent to an activating group) is 1. The Labute approximate surface area is 215 Å². The lowest BCUT2D eigenvalue weighted by molar-refractivity contribution is -0.156. The monoisotopic (exact) mass is 516 g/mol. The fraction of sp³-hybridized carbons (Fsp3) is 0.444. The molecule has 8 nitrogen and oxygen atoms in total. The number of carbonyl (C=O) groups excluding carboxylic acids is 3. The van der Waals surface area contributed by atoms with E-state index in [-0.39, 0.29) is 31.6 Å². The number of aryl methyl sites for hydroxylation is 1. The van der Waals surface area contributed by atoms with Crippen LogP contribution in [-0.2, 0) is 33.8 Å². The molecular formula is C27H34F2N4O4. The van der Waals surface area contributed by atoms with Crippen LogP contribution in [0.5, 0.6) is 0 Å². The van der Waals surface area contributed by atoms with Gasteiger partial charge in [0.15, 0.2) is 0 Å². The zero-order valence-corrected chi connectivity index (χ0v) is 21.2. The molecular weight excluding hydrogens is 482 g/mol. The van der Waals surface area contributed by atoms with Crippen LogP contribution in [0.15, 0.2) is 42.5 Å². The molecule has 0 spiro atoms. The van der Waals surface area contributed by atoms with Crippen LogP contribution in [-0.4, -0.2) is 77.5 Å². The van der Waals surface area contributed by atoms with Gasteiger partial charge in [-0.05, 0) is 48.6 Å². The maximum Gasteiger partial charge on any atom is 0.312 e. The molecule has 1 saturated heterocycles. The number of benzene rings is 2. The summed E-state index contributed by atoms with van der Waals surface area (Å²) in [6, 6.07) is 10.1. The summed E-state index contributed by atoms with van der Waals surface area (Å²) >= 11 is 0. The fourth-order valence-electron chi connectivity index (χ4n) is 4.33. The minimum absolute atomic E-state index is 0.0366. The van der Waals surface area contributed by atoms with Crippen LogP contribution in [0.2, 0.25) is 0 Å². The molecule has 0 aromatic heterocycles. The van der Waals surface area contributed by atoms with Gasteiger partial charge in [-0.1, -0.05) is 31.2 Å². The standard InChI is InChI=1S/C27H34F2N4O4/c1-3-18-6-5-7-19(10-18)15-30-16-24(34)23(13-20-11-21(28)14-22(29)12-20)31-25(35)17-33-9-8-32(4-2)26(36)27(33)37/h5-7,10-12,14,23-24,30,34H,3-4,8-9,13,15-17H2,1-2H3,(H,31,35)/t23-,24-/m0/s1. The van der Waals surface area contributed by atoms with Gasteiger partial charge in [-0.15, -0.1) is 0 Å². The first-order chi connectivity index (χ1) is 17.7. The van der Waals surface area contributed by atoms with Gasteiger partial charge >= 0.3 is 11.8 Å². The minimum Gasteiger partial charge on any atom is -0.390 e. The maximum atomic E-state index is 13.8. The minimum atomic E-state index is -1.10. The summed E-state index contributed by atoms with van der Waals surface area (Å²) in [5.74, 6) is -3.53. The number of halogens is 2. The molecule has 1 aliphatic rings. The average Bonchev–Trinajstić information content (AvgIpc) is 2.86. The molecule has 1 aliphatic heterocycles. The van der Waals surface area contributed by atoms with E-state index in [0.29, 0.717) is 19.6 Å². The summed E-state index contributed by atoms with van der Waals surface area (Å²) in [7, 11) is 0. The number of rotatable bonds is 12. The van der Waals surface area contributed by atoms with Crippen LogP contribution in [0.3, 0.4) is 0 Å². The lowest BCUT2D eigenvalue weighted by Gasteiger charge is -2.33. The van der Waals surface area contributed by atoms with Gasteiger partial charge in [0.2, 0.25) is 5.91 Å². The van der Waals surface area contributed by atoms with Gasteiger partial charge in [0.05, 0.1) is 12.1 Å². The lowest BCUT2D eigenvalue weighted by Crippen LogP contribution is -2.57. The number of aliphatic hydroxyl groups is 1. The number of amides is 3. The lowest BCUT2D eigenvalue weighted by atomic mass is 10.0. The molecule has 0 saturated carbocycles. The molecule has 37 heavy (non-hydrogen) atoms. The number of piperazine rings is 1. The third-order valence-corrected chi connectivity index (χ3v) is 6.38. The van der Waals surface area contributed by atoms with E-state index in [1.54, 1.807) is 6.92 Å². The van der Waals surface area contributed by atoms with Crippen molar-refractivity contribution in [1.29, 1.82) is 0 Å². The molecule has 1 fully saturated rings. The summed E-state index contributed by atoms with van der Waals surface area (Å²) in [6.07, 6.45) is -0.236. The van der Waals surface area contributed by atoms with Gasteiger partial charge in [-0.3, -0.25) is 14.4 Å². The molecule has 200 valence electrons. The molecule has 3 amide bonds. The van der Waals surface area contributed by atoms with Crippen LogP contribution < -0.4 is 10.6 Å². The van der Waals surface area contributed by atoms with E-state index in [4.69, 9.17) is 0 Å². The van der Waals surface area contributed by atoms with Crippen LogP contribution >= 0.6 is 0 Å². The van der Waals surface area contributed by atoms with Crippen LogP contribution in [0.25, 0.3) is 0 Å². The molecule has 0 aliphatic carbocycles. The van der Waals surface area contributed by atoms with E-state index >= 15 is 0 Å². The molecule has 0 radical (unpaired) electrons. The van der Waals surface area contributed by atoms with Gasteiger partial charge in [0, 0.05) is 38.8 Å². The molecule has 2 aromatic carbocycles. The van der Waals surface area contributed by atoms with Crippen molar-refractivity contribution in [2.75, 3.05) is 32.7 Å². The van der Waals surface area contributed by atoms with E-state index in [0.717, 1.165) is 35.1 Å². The van der Waals surface area contributed by atoms with E-state index < -0.39 is 41.5 Å². The Morgan fingerprint density at radius 3 is 2.30 bits per heavy atom. The van der Waals surface area contributed by atoms with E-state index in [1.165, 1.54) is 10.5 Å². The van der Waals surface area contributed by atoms with Crippen molar-refractivity contribution in [3.8, 4) is 0 Å².